The lowest BCUT2D eigenvalue weighted by molar-refractivity contribution is -0.117. The number of Topliss-reactive ketones (excluding diaryl/α,β-unsaturated/α-hetero) is 1. The number of thiophene rings is 1. The molecule has 11 nitrogen and oxygen atoms in total. The Bertz CT molecular complexity index is 1950. The first kappa shape index (κ1) is 26.1. The van der Waals surface area contributed by atoms with Gasteiger partial charge in [-0.2, -0.15) is 5.10 Å². The van der Waals surface area contributed by atoms with E-state index >= 15 is 0 Å². The molecule has 0 unspecified atom stereocenters. The van der Waals surface area contributed by atoms with Crippen molar-refractivity contribution in [2.75, 3.05) is 18.4 Å². The summed E-state index contributed by atoms with van der Waals surface area (Å²) in [4.78, 5) is 47.8. The Morgan fingerprint density at radius 2 is 1.95 bits per heavy atom. The largest absolute Gasteiger partial charge is 0.325 e. The number of H-pyrrole nitrogens is 2. The van der Waals surface area contributed by atoms with Crippen LogP contribution in [-0.2, 0) is 4.79 Å². The van der Waals surface area contributed by atoms with Gasteiger partial charge < -0.3 is 15.6 Å². The van der Waals surface area contributed by atoms with Crippen LogP contribution in [0.25, 0.3) is 55.3 Å². The fraction of sp³-hybridized carbons (Fsp3) is 0.233. The molecule has 1 aliphatic rings. The van der Waals surface area contributed by atoms with Crippen LogP contribution in [0.4, 0.5) is 5.69 Å². The molecule has 210 valence electrons. The van der Waals surface area contributed by atoms with Crippen molar-refractivity contribution in [3.63, 3.8) is 0 Å². The Hall–Kier alpha value is -4.81. The summed E-state index contributed by atoms with van der Waals surface area (Å²) in [5.74, 6) is 0.999. The molecule has 1 fully saturated rings. The van der Waals surface area contributed by atoms with Crippen molar-refractivity contribution >= 4 is 50.8 Å². The molecule has 0 atom stereocenters. The summed E-state index contributed by atoms with van der Waals surface area (Å²) in [5.41, 5.74) is 5.72. The van der Waals surface area contributed by atoms with Crippen molar-refractivity contribution in [2.45, 2.75) is 26.2 Å². The van der Waals surface area contributed by atoms with Gasteiger partial charge in [-0.1, -0.05) is 0 Å². The van der Waals surface area contributed by atoms with E-state index in [1.54, 1.807) is 31.7 Å². The number of rotatable bonds is 7. The lowest BCUT2D eigenvalue weighted by Crippen LogP contribution is -2.30. The molecule has 0 saturated carbocycles. The van der Waals surface area contributed by atoms with E-state index in [1.807, 2.05) is 30.3 Å². The minimum absolute atomic E-state index is 0.000637. The fourth-order valence-electron chi connectivity index (χ4n) is 5.36. The van der Waals surface area contributed by atoms with Gasteiger partial charge in [0.15, 0.2) is 17.3 Å². The summed E-state index contributed by atoms with van der Waals surface area (Å²) in [6, 6.07) is 9.49. The molecule has 0 bridgehead atoms. The Labute approximate surface area is 244 Å². The third kappa shape index (κ3) is 5.06. The van der Waals surface area contributed by atoms with Gasteiger partial charge in [-0.25, -0.2) is 9.97 Å². The van der Waals surface area contributed by atoms with E-state index in [-0.39, 0.29) is 11.7 Å². The number of imidazole rings is 1. The molecule has 12 heteroatoms. The molecule has 7 heterocycles. The summed E-state index contributed by atoms with van der Waals surface area (Å²) >= 11 is 1.43. The van der Waals surface area contributed by atoms with E-state index in [2.05, 4.69) is 40.8 Å². The van der Waals surface area contributed by atoms with Gasteiger partial charge in [0.05, 0.1) is 34.2 Å². The van der Waals surface area contributed by atoms with Crippen LogP contribution in [0.2, 0.25) is 0 Å². The standard InChI is InChI=1S/C30H27N9O2S/c1-16(40)24-2-3-25(42-24)20-6-9-33-29-27(20)36-30(37-29)28-21-12-22(34-15-23(21)38-39-28)18-11-19(14-32-13-18)35-26(41)10-17-4-7-31-8-5-17/h2-3,6,9,11-15,17,31H,4-5,7-8,10H2,1H3,(H,35,41)(H,38,39)(H,33,36,37). The second kappa shape index (κ2) is 10.9. The number of hydrogen-bond donors (Lipinski definition) is 4. The first-order chi connectivity index (χ1) is 20.5. The SMILES string of the molecule is CC(=O)c1ccc(-c2ccnc3[nH]c(-c4n[nH]c5cnc(-c6cncc(NC(=O)CC7CCNCC7)c6)cc45)nc23)s1. The molecule has 6 aromatic heterocycles. The molecule has 0 aromatic carbocycles. The zero-order valence-corrected chi connectivity index (χ0v) is 23.6. The minimum atomic E-state index is -0.000637. The molecule has 1 saturated heterocycles. The number of piperidine rings is 1. The third-order valence-corrected chi connectivity index (χ3v) is 8.74. The average molecular weight is 578 g/mol. The highest BCUT2D eigenvalue weighted by atomic mass is 32.1. The van der Waals surface area contributed by atoms with E-state index < -0.39 is 0 Å². The first-order valence-corrected chi connectivity index (χ1v) is 14.6. The summed E-state index contributed by atoms with van der Waals surface area (Å²) in [6.45, 7) is 3.48. The van der Waals surface area contributed by atoms with Crippen LogP contribution in [0, 0.1) is 5.92 Å². The summed E-state index contributed by atoms with van der Waals surface area (Å²) in [6.07, 6.45) is 9.36. The fourth-order valence-corrected chi connectivity index (χ4v) is 6.28. The number of nitrogens with one attached hydrogen (secondary N) is 4. The van der Waals surface area contributed by atoms with Crippen molar-refractivity contribution in [3.8, 4) is 33.2 Å². The van der Waals surface area contributed by atoms with Gasteiger partial charge in [-0.05, 0) is 69.1 Å². The number of fused-ring (bicyclic) bond motifs is 2. The summed E-state index contributed by atoms with van der Waals surface area (Å²) in [5, 5.41) is 14.7. The number of nitrogens with zero attached hydrogens (tertiary/aromatic N) is 5. The summed E-state index contributed by atoms with van der Waals surface area (Å²) < 4.78 is 0. The monoisotopic (exact) mass is 577 g/mol. The number of carbonyl (C=O) groups excluding carboxylic acids is 2. The number of ketones is 1. The lowest BCUT2D eigenvalue weighted by Gasteiger charge is -2.21. The molecular weight excluding hydrogens is 550 g/mol. The smallest absolute Gasteiger partial charge is 0.224 e. The maximum absolute atomic E-state index is 12.7. The normalized spacial score (nSPS) is 14.0. The van der Waals surface area contributed by atoms with Crippen LogP contribution in [0.5, 0.6) is 0 Å². The van der Waals surface area contributed by atoms with Crippen molar-refractivity contribution in [1.82, 2.24) is 40.4 Å². The van der Waals surface area contributed by atoms with E-state index in [4.69, 9.17) is 4.98 Å². The maximum Gasteiger partial charge on any atom is 0.224 e. The van der Waals surface area contributed by atoms with Gasteiger partial charge in [-0.3, -0.25) is 24.7 Å². The topological polar surface area (TPSA) is 154 Å². The Morgan fingerprint density at radius 1 is 1.07 bits per heavy atom. The van der Waals surface area contributed by atoms with Crippen LogP contribution in [0.15, 0.2) is 55.1 Å². The predicted octanol–water partition coefficient (Wildman–Crippen LogP) is 5.22. The predicted molar refractivity (Wildman–Crippen MR) is 162 cm³/mol. The highest BCUT2D eigenvalue weighted by Crippen LogP contribution is 2.35. The Morgan fingerprint density at radius 3 is 2.79 bits per heavy atom. The first-order valence-electron chi connectivity index (χ1n) is 13.8. The molecule has 1 amide bonds. The quantitative estimate of drug-likeness (QED) is 0.188. The highest BCUT2D eigenvalue weighted by Gasteiger charge is 2.19. The van der Waals surface area contributed by atoms with Crippen molar-refractivity contribution in [3.05, 3.63) is 60.0 Å². The highest BCUT2D eigenvalue weighted by molar-refractivity contribution is 7.17. The van der Waals surface area contributed by atoms with Crippen molar-refractivity contribution < 1.29 is 9.59 Å². The maximum atomic E-state index is 12.7. The van der Waals surface area contributed by atoms with E-state index in [0.717, 1.165) is 52.8 Å². The molecule has 4 N–H and O–H groups in total. The Kier molecular flexibility index (Phi) is 6.76. The number of anilines is 1. The number of carbonyl (C=O) groups is 2. The average Bonchev–Trinajstić information content (AvgIpc) is 3.75. The van der Waals surface area contributed by atoms with E-state index in [1.165, 1.54) is 11.3 Å². The summed E-state index contributed by atoms with van der Waals surface area (Å²) in [7, 11) is 0. The van der Waals surface area contributed by atoms with Gasteiger partial charge >= 0.3 is 0 Å². The van der Waals surface area contributed by atoms with Crippen LogP contribution in [0.3, 0.4) is 0 Å². The second-order valence-corrected chi connectivity index (χ2v) is 11.5. The molecule has 1 aliphatic heterocycles. The van der Waals surface area contributed by atoms with Gasteiger partial charge in [0.2, 0.25) is 5.91 Å². The van der Waals surface area contributed by atoms with Crippen LogP contribution >= 0.6 is 11.3 Å². The molecule has 0 aliphatic carbocycles. The molecule has 7 rings (SSSR count). The number of hydrogen-bond acceptors (Lipinski definition) is 9. The Balaban J connectivity index is 1.19. The number of amides is 1. The van der Waals surface area contributed by atoms with Crippen molar-refractivity contribution in [2.24, 2.45) is 5.92 Å². The van der Waals surface area contributed by atoms with Gasteiger partial charge in [0.25, 0.3) is 0 Å². The number of pyridine rings is 3. The van der Waals surface area contributed by atoms with Gasteiger partial charge in [0, 0.05) is 40.2 Å². The van der Waals surface area contributed by atoms with Crippen LogP contribution < -0.4 is 10.6 Å². The van der Waals surface area contributed by atoms with Gasteiger partial charge in [0.1, 0.15) is 11.2 Å². The van der Waals surface area contributed by atoms with E-state index in [0.29, 0.717) is 51.3 Å². The lowest BCUT2D eigenvalue weighted by atomic mass is 9.94. The van der Waals surface area contributed by atoms with E-state index in [9.17, 15) is 9.59 Å². The van der Waals surface area contributed by atoms with Crippen LogP contribution in [0.1, 0.15) is 35.9 Å². The van der Waals surface area contributed by atoms with Crippen molar-refractivity contribution in [1.29, 1.82) is 0 Å². The molecule has 0 spiro atoms. The molecule has 42 heavy (non-hydrogen) atoms. The zero-order valence-electron chi connectivity index (χ0n) is 22.8. The molecular formula is C30H27N9O2S. The zero-order chi connectivity index (χ0) is 28.6. The minimum Gasteiger partial charge on any atom is -0.325 e. The van der Waals surface area contributed by atoms with Gasteiger partial charge in [-0.15, -0.1) is 11.3 Å². The van der Waals surface area contributed by atoms with Crippen LogP contribution in [-0.4, -0.2) is 59.9 Å². The second-order valence-electron chi connectivity index (χ2n) is 10.5. The number of aromatic amines is 2. The molecule has 0 radical (unpaired) electrons. The molecule has 6 aromatic rings. The third-order valence-electron chi connectivity index (χ3n) is 7.53. The number of aromatic nitrogens is 7.